The van der Waals surface area contributed by atoms with E-state index in [4.69, 9.17) is 4.74 Å². The summed E-state index contributed by atoms with van der Waals surface area (Å²) >= 11 is 1.43. The van der Waals surface area contributed by atoms with E-state index in [1.54, 1.807) is 36.7 Å². The van der Waals surface area contributed by atoms with Crippen molar-refractivity contribution in [3.63, 3.8) is 0 Å². The van der Waals surface area contributed by atoms with Gasteiger partial charge in [-0.2, -0.15) is 0 Å². The lowest BCUT2D eigenvalue weighted by Crippen LogP contribution is -2.38. The van der Waals surface area contributed by atoms with Gasteiger partial charge in [-0.05, 0) is 17.7 Å². The number of morpholine rings is 1. The van der Waals surface area contributed by atoms with Gasteiger partial charge in [-0.15, -0.1) is 11.3 Å². The first-order chi connectivity index (χ1) is 15.9. The van der Waals surface area contributed by atoms with Crippen LogP contribution in [0.3, 0.4) is 0 Å². The first-order valence-electron chi connectivity index (χ1n) is 11.0. The Morgan fingerprint density at radius 3 is 2.76 bits per heavy atom. The average Bonchev–Trinajstić information content (AvgIpc) is 3.38. The Kier molecular flexibility index (Phi) is 5.74. The molecule has 0 aliphatic carbocycles. The SMILES string of the molecule is CC(=O)n1cc(CN2CCOC(c3c(C(=O)N(C)C)sc4ncccc34)C2)c2ccccc21. The van der Waals surface area contributed by atoms with Gasteiger partial charge >= 0.3 is 0 Å². The Labute approximate surface area is 196 Å². The third-order valence-corrected chi connectivity index (χ3v) is 7.22. The van der Waals surface area contributed by atoms with Crippen LogP contribution in [0.4, 0.5) is 0 Å². The number of aromatic nitrogens is 2. The molecule has 4 aromatic rings. The Bertz CT molecular complexity index is 1360. The van der Waals surface area contributed by atoms with Gasteiger partial charge in [-0.3, -0.25) is 19.1 Å². The summed E-state index contributed by atoms with van der Waals surface area (Å²) in [5.74, 6) is -0.0281. The Balaban J connectivity index is 1.48. The Hall–Kier alpha value is -3.07. The standard InChI is InChI=1S/C25H26N4O3S/c1-16(30)29-14-17(18-7-4-5-9-20(18)29)13-28-11-12-32-21(15-28)22-19-8-6-10-26-24(19)33-23(22)25(31)27(2)3/h4-10,14,21H,11-13,15H2,1-3H3. The number of amides is 1. The number of benzene rings is 1. The molecule has 8 heteroatoms. The summed E-state index contributed by atoms with van der Waals surface area (Å²) in [6, 6.07) is 11.9. The number of para-hydroxylation sites is 1. The highest BCUT2D eigenvalue weighted by atomic mass is 32.1. The van der Waals surface area contributed by atoms with E-state index in [-0.39, 0.29) is 17.9 Å². The van der Waals surface area contributed by atoms with Gasteiger partial charge in [0, 0.05) is 69.4 Å². The second-order valence-corrected chi connectivity index (χ2v) is 9.55. The summed E-state index contributed by atoms with van der Waals surface area (Å²) in [6.45, 7) is 4.31. The lowest BCUT2D eigenvalue weighted by molar-refractivity contribution is -0.0322. The molecule has 1 fully saturated rings. The monoisotopic (exact) mass is 462 g/mol. The van der Waals surface area contributed by atoms with Crippen LogP contribution < -0.4 is 0 Å². The van der Waals surface area contributed by atoms with Crippen molar-refractivity contribution in [2.45, 2.75) is 19.6 Å². The van der Waals surface area contributed by atoms with Crippen molar-refractivity contribution in [2.75, 3.05) is 33.8 Å². The van der Waals surface area contributed by atoms with Crippen molar-refractivity contribution in [3.05, 3.63) is 64.8 Å². The fourth-order valence-electron chi connectivity index (χ4n) is 4.53. The molecule has 1 aliphatic rings. The first-order valence-corrected chi connectivity index (χ1v) is 11.8. The molecule has 1 aliphatic heterocycles. The van der Waals surface area contributed by atoms with Gasteiger partial charge in [0.05, 0.1) is 18.2 Å². The van der Waals surface area contributed by atoms with Gasteiger partial charge in [0.1, 0.15) is 9.71 Å². The molecule has 3 aromatic heterocycles. The lowest BCUT2D eigenvalue weighted by atomic mass is 10.0. The maximum Gasteiger partial charge on any atom is 0.263 e. The highest BCUT2D eigenvalue weighted by Crippen LogP contribution is 2.38. The molecule has 0 N–H and O–H groups in total. The summed E-state index contributed by atoms with van der Waals surface area (Å²) in [4.78, 5) is 35.1. The Morgan fingerprint density at radius 2 is 1.97 bits per heavy atom. The molecule has 1 amide bonds. The second-order valence-electron chi connectivity index (χ2n) is 8.56. The number of pyridine rings is 1. The summed E-state index contributed by atoms with van der Waals surface area (Å²) < 4.78 is 7.92. The van der Waals surface area contributed by atoms with Crippen molar-refractivity contribution in [1.29, 1.82) is 0 Å². The van der Waals surface area contributed by atoms with E-state index in [1.807, 2.05) is 36.5 Å². The number of fused-ring (bicyclic) bond motifs is 2. The molecule has 0 radical (unpaired) electrons. The zero-order valence-corrected chi connectivity index (χ0v) is 19.8. The van der Waals surface area contributed by atoms with Crippen LogP contribution >= 0.6 is 11.3 Å². The van der Waals surface area contributed by atoms with Crippen LogP contribution in [0.2, 0.25) is 0 Å². The number of carbonyl (C=O) groups excluding carboxylic acids is 2. The molecular formula is C25H26N4O3S. The molecule has 1 atom stereocenters. The summed E-state index contributed by atoms with van der Waals surface area (Å²) in [5.41, 5.74) is 2.97. The number of rotatable bonds is 4. The summed E-state index contributed by atoms with van der Waals surface area (Å²) in [5, 5.41) is 2.07. The quantitative estimate of drug-likeness (QED) is 0.455. The van der Waals surface area contributed by atoms with E-state index in [1.165, 1.54) is 11.3 Å². The van der Waals surface area contributed by atoms with Crippen molar-refractivity contribution < 1.29 is 14.3 Å². The van der Waals surface area contributed by atoms with Gasteiger partial charge in [-0.1, -0.05) is 24.3 Å². The molecule has 5 rings (SSSR count). The topological polar surface area (TPSA) is 67.7 Å². The highest BCUT2D eigenvalue weighted by molar-refractivity contribution is 7.20. The smallest absolute Gasteiger partial charge is 0.263 e. The molecule has 0 saturated carbocycles. The minimum absolute atomic E-state index is 0.00128. The fraction of sp³-hybridized carbons (Fsp3) is 0.320. The van der Waals surface area contributed by atoms with Crippen LogP contribution in [0.5, 0.6) is 0 Å². The molecule has 0 spiro atoms. The highest BCUT2D eigenvalue weighted by Gasteiger charge is 2.31. The van der Waals surface area contributed by atoms with E-state index in [0.29, 0.717) is 24.6 Å². The van der Waals surface area contributed by atoms with Crippen LogP contribution in [0.25, 0.3) is 21.1 Å². The van der Waals surface area contributed by atoms with Gasteiger partial charge in [-0.25, -0.2) is 4.98 Å². The van der Waals surface area contributed by atoms with E-state index in [9.17, 15) is 9.59 Å². The van der Waals surface area contributed by atoms with Gasteiger partial charge < -0.3 is 9.64 Å². The van der Waals surface area contributed by atoms with Gasteiger partial charge in [0.15, 0.2) is 0 Å². The third-order valence-electron chi connectivity index (χ3n) is 6.11. The zero-order valence-electron chi connectivity index (χ0n) is 18.9. The molecule has 170 valence electrons. The molecule has 1 unspecified atom stereocenters. The molecule has 1 aromatic carbocycles. The van der Waals surface area contributed by atoms with Crippen LogP contribution in [0, 0.1) is 0 Å². The van der Waals surface area contributed by atoms with Gasteiger partial charge in [0.25, 0.3) is 5.91 Å². The van der Waals surface area contributed by atoms with E-state index in [2.05, 4.69) is 16.0 Å². The maximum absolute atomic E-state index is 13.0. The maximum atomic E-state index is 13.0. The Morgan fingerprint density at radius 1 is 1.18 bits per heavy atom. The number of ether oxygens (including phenoxy) is 1. The molecule has 1 saturated heterocycles. The predicted octanol–water partition coefficient (Wildman–Crippen LogP) is 4.19. The van der Waals surface area contributed by atoms with E-state index in [0.717, 1.165) is 38.8 Å². The number of nitrogens with zero attached hydrogens (tertiary/aromatic N) is 4. The van der Waals surface area contributed by atoms with Crippen molar-refractivity contribution in [2.24, 2.45) is 0 Å². The minimum atomic E-state index is -0.225. The zero-order chi connectivity index (χ0) is 23.1. The van der Waals surface area contributed by atoms with Crippen LogP contribution in [0.15, 0.2) is 48.8 Å². The number of hydrogen-bond acceptors (Lipinski definition) is 6. The molecule has 0 bridgehead atoms. The first kappa shape index (κ1) is 21.8. The molecular weight excluding hydrogens is 436 g/mol. The van der Waals surface area contributed by atoms with Crippen molar-refractivity contribution in [1.82, 2.24) is 19.4 Å². The third kappa shape index (κ3) is 3.94. The minimum Gasteiger partial charge on any atom is -0.371 e. The molecule has 4 heterocycles. The number of thiophene rings is 1. The summed E-state index contributed by atoms with van der Waals surface area (Å²) in [7, 11) is 3.53. The predicted molar refractivity (Wildman–Crippen MR) is 130 cm³/mol. The van der Waals surface area contributed by atoms with Gasteiger partial charge in [0.2, 0.25) is 5.91 Å². The van der Waals surface area contributed by atoms with E-state index >= 15 is 0 Å². The average molecular weight is 463 g/mol. The van der Waals surface area contributed by atoms with E-state index < -0.39 is 0 Å². The van der Waals surface area contributed by atoms with Crippen molar-refractivity contribution in [3.8, 4) is 0 Å². The largest absolute Gasteiger partial charge is 0.371 e. The van der Waals surface area contributed by atoms with Crippen LogP contribution in [0.1, 0.15) is 38.6 Å². The molecule has 7 nitrogen and oxygen atoms in total. The normalized spacial score (nSPS) is 17.0. The summed E-state index contributed by atoms with van der Waals surface area (Å²) in [6.07, 6.45) is 3.48. The molecule has 33 heavy (non-hydrogen) atoms. The number of hydrogen-bond donors (Lipinski definition) is 0. The lowest BCUT2D eigenvalue weighted by Gasteiger charge is -2.33. The van der Waals surface area contributed by atoms with Crippen LogP contribution in [-0.4, -0.2) is 65.0 Å². The number of carbonyl (C=O) groups is 2. The van der Waals surface area contributed by atoms with Crippen molar-refractivity contribution >= 4 is 44.3 Å². The fourth-order valence-corrected chi connectivity index (χ4v) is 5.75. The second kappa shape index (κ2) is 8.70. The van der Waals surface area contributed by atoms with Crippen LogP contribution in [-0.2, 0) is 11.3 Å².